The molecule has 3 heterocycles. The lowest BCUT2D eigenvalue weighted by Gasteiger charge is -2.61. The number of carbonyl (C=O) groups is 1. The number of hydrogen-bond donors (Lipinski definition) is 2. The van der Waals surface area contributed by atoms with E-state index in [2.05, 4.69) is 61.6 Å². The predicted molar refractivity (Wildman–Crippen MR) is 158 cm³/mol. The number of rotatable bonds is 12. The average Bonchev–Trinajstić information content (AvgIpc) is 3.25. The molecule has 2 N–H and O–H groups in total. The summed E-state index contributed by atoms with van der Waals surface area (Å²) >= 11 is 0. The van der Waals surface area contributed by atoms with Crippen molar-refractivity contribution in [2.45, 2.75) is 97.2 Å². The topological polar surface area (TPSA) is 118 Å². The molecule has 2 aromatic rings. The molecular formula is C31H47NO9Si. The summed E-state index contributed by atoms with van der Waals surface area (Å²) in [4.78, 5) is 29.1. The number of carbonyl (C=O) groups excluding carboxylic acids is 1. The number of ether oxygens (including phenoxy) is 2. The van der Waals surface area contributed by atoms with E-state index in [1.54, 1.807) is 0 Å². The fourth-order valence-electron chi connectivity index (χ4n) is 5.83. The van der Waals surface area contributed by atoms with E-state index in [0.717, 1.165) is 11.3 Å². The normalized spacial score (nSPS) is 23.7. The van der Waals surface area contributed by atoms with E-state index in [1.165, 1.54) is 12.1 Å². The number of benzene rings is 1. The largest absolute Gasteiger partial charge is 0.543 e. The molecule has 0 aliphatic carbocycles. The zero-order valence-electron chi connectivity index (χ0n) is 26.4. The maximum Gasteiger partial charge on any atom is 0.333 e. The van der Waals surface area contributed by atoms with Crippen LogP contribution in [0.25, 0.3) is 0 Å². The minimum atomic E-state index is -2.06. The first-order chi connectivity index (χ1) is 19.4. The van der Waals surface area contributed by atoms with Gasteiger partial charge in [-0.3, -0.25) is 0 Å². The number of hydrogen-bond acceptors (Lipinski definition) is 9. The van der Waals surface area contributed by atoms with Crippen LogP contribution in [0.3, 0.4) is 0 Å². The van der Waals surface area contributed by atoms with E-state index in [1.807, 2.05) is 24.3 Å². The van der Waals surface area contributed by atoms with Gasteiger partial charge in [0, 0.05) is 41.6 Å². The van der Waals surface area contributed by atoms with Crippen LogP contribution >= 0.6 is 0 Å². The molecule has 0 spiro atoms. The Balaban J connectivity index is 1.40. The van der Waals surface area contributed by atoms with Crippen molar-refractivity contribution in [2.75, 3.05) is 19.8 Å². The molecule has 0 amide bonds. The summed E-state index contributed by atoms with van der Waals surface area (Å²) in [5.74, 6) is -1.59. The summed E-state index contributed by atoms with van der Waals surface area (Å²) in [5.41, 5.74) is -0.910. The second-order valence-electron chi connectivity index (χ2n) is 14.2. The third-order valence-corrected chi connectivity index (χ3v) is 13.4. The summed E-state index contributed by atoms with van der Waals surface area (Å²) in [6.07, 6.45) is 1.26. The van der Waals surface area contributed by atoms with E-state index in [9.17, 15) is 15.0 Å². The SMILES string of the molecule is CC(C)(COCCCCC(=O)On1c(O)ccc1O)C12OOC1(c1cccc(O[Si](C)(C)C(C)(C)C)c1)OCC2(C)C. The molecule has 42 heavy (non-hydrogen) atoms. The van der Waals surface area contributed by atoms with Crippen LogP contribution in [0.15, 0.2) is 36.4 Å². The summed E-state index contributed by atoms with van der Waals surface area (Å²) in [6, 6.07) is 10.4. The first-order valence-electron chi connectivity index (χ1n) is 14.6. The monoisotopic (exact) mass is 605 g/mol. The van der Waals surface area contributed by atoms with E-state index in [-0.39, 0.29) is 23.2 Å². The number of fused-ring (bicyclic) bond motifs is 1. The number of aromatic nitrogens is 1. The van der Waals surface area contributed by atoms with Crippen LogP contribution in [0.2, 0.25) is 18.1 Å². The van der Waals surface area contributed by atoms with Crippen molar-refractivity contribution in [3.05, 3.63) is 42.0 Å². The van der Waals surface area contributed by atoms with Gasteiger partial charge in [-0.25, -0.2) is 9.68 Å². The molecule has 0 saturated carbocycles. The fraction of sp³-hybridized carbons (Fsp3) is 0.645. The second kappa shape index (κ2) is 11.2. The van der Waals surface area contributed by atoms with Crippen molar-refractivity contribution >= 4 is 14.3 Å². The Morgan fingerprint density at radius 3 is 2.29 bits per heavy atom. The van der Waals surface area contributed by atoms with Crippen molar-refractivity contribution in [1.29, 1.82) is 0 Å². The Hall–Kier alpha value is -2.57. The molecule has 2 saturated heterocycles. The summed E-state index contributed by atoms with van der Waals surface area (Å²) < 4.78 is 19.9. The lowest BCUT2D eigenvalue weighted by Crippen LogP contribution is -2.74. The molecule has 2 atom stereocenters. The number of unbranched alkanes of at least 4 members (excludes halogenated alkanes) is 1. The van der Waals surface area contributed by atoms with Crippen LogP contribution in [-0.2, 0) is 29.8 Å². The van der Waals surface area contributed by atoms with Gasteiger partial charge in [0.25, 0.3) is 5.79 Å². The van der Waals surface area contributed by atoms with Crippen molar-refractivity contribution in [3.8, 4) is 17.5 Å². The van der Waals surface area contributed by atoms with Gasteiger partial charge in [-0.2, -0.15) is 4.89 Å². The highest BCUT2D eigenvalue weighted by Crippen LogP contribution is 2.69. The third kappa shape index (κ3) is 5.45. The Morgan fingerprint density at radius 1 is 1.02 bits per heavy atom. The van der Waals surface area contributed by atoms with Gasteiger partial charge in [-0.05, 0) is 43.1 Å². The third-order valence-electron chi connectivity index (χ3n) is 9.06. The summed E-state index contributed by atoms with van der Waals surface area (Å²) in [5, 5.41) is 19.3. The molecule has 11 heteroatoms. The quantitative estimate of drug-likeness (QED) is 0.169. The maximum absolute atomic E-state index is 12.1. The fourth-order valence-corrected chi connectivity index (χ4v) is 6.86. The van der Waals surface area contributed by atoms with Crippen LogP contribution in [0, 0.1) is 10.8 Å². The predicted octanol–water partition coefficient (Wildman–Crippen LogP) is 6.06. The van der Waals surface area contributed by atoms with Gasteiger partial charge < -0.3 is 29.0 Å². The molecule has 1 aromatic carbocycles. The Bertz CT molecular complexity index is 1260. The van der Waals surface area contributed by atoms with Gasteiger partial charge in [0.05, 0.1) is 13.2 Å². The Kier molecular flexibility index (Phi) is 8.60. The minimum absolute atomic E-state index is 0.0567. The maximum atomic E-state index is 12.1. The molecule has 1 aromatic heterocycles. The van der Waals surface area contributed by atoms with Crippen LogP contribution in [-0.4, -0.2) is 54.7 Å². The lowest BCUT2D eigenvalue weighted by molar-refractivity contribution is -0.628. The Labute approximate surface area is 249 Å². The summed E-state index contributed by atoms with van der Waals surface area (Å²) in [6.45, 7) is 20.8. The molecule has 234 valence electrons. The lowest BCUT2D eigenvalue weighted by atomic mass is 9.57. The number of nitrogens with zero attached hydrogens (tertiary/aromatic N) is 1. The first-order valence-corrected chi connectivity index (χ1v) is 17.5. The van der Waals surface area contributed by atoms with Gasteiger partial charge >= 0.3 is 5.97 Å². The standard InChI is InChI=1S/C31H47NO9Si/c1-27(2,3)42(8,9)39-23-14-12-13-22(19-23)30-31(41-40-30,29(6,7)21-37-30)28(4,5)20-36-18-11-10-15-26(35)38-32-24(33)16-17-25(32)34/h12-14,16-17,19,33-34H,10-11,15,18,20-21H2,1-9H3. The van der Waals surface area contributed by atoms with E-state index in [4.69, 9.17) is 28.5 Å². The van der Waals surface area contributed by atoms with Crippen molar-refractivity contribution in [2.24, 2.45) is 10.8 Å². The summed E-state index contributed by atoms with van der Waals surface area (Å²) in [7, 11) is -2.06. The second-order valence-corrected chi connectivity index (χ2v) is 19.0. The van der Waals surface area contributed by atoms with Crippen LogP contribution in [0.5, 0.6) is 17.5 Å². The van der Waals surface area contributed by atoms with Crippen molar-refractivity contribution in [1.82, 2.24) is 4.73 Å². The van der Waals surface area contributed by atoms with Gasteiger partial charge in [0.2, 0.25) is 20.1 Å². The van der Waals surface area contributed by atoms with E-state index >= 15 is 0 Å². The van der Waals surface area contributed by atoms with Gasteiger partial charge in [-0.1, -0.05) is 60.6 Å². The number of aromatic hydroxyl groups is 2. The molecule has 10 nitrogen and oxygen atoms in total. The zero-order chi connectivity index (χ0) is 31.2. The first kappa shape index (κ1) is 32.3. The smallest absolute Gasteiger partial charge is 0.333 e. The zero-order valence-corrected chi connectivity index (χ0v) is 27.4. The van der Waals surface area contributed by atoms with Crippen LogP contribution < -0.4 is 9.26 Å². The highest BCUT2D eigenvalue weighted by molar-refractivity contribution is 6.74. The van der Waals surface area contributed by atoms with Crippen LogP contribution in [0.4, 0.5) is 0 Å². The van der Waals surface area contributed by atoms with E-state index < -0.39 is 36.5 Å². The molecule has 0 radical (unpaired) electrons. The Morgan fingerprint density at radius 2 is 1.69 bits per heavy atom. The molecule has 2 aliphatic heterocycles. The van der Waals surface area contributed by atoms with E-state index in [0.29, 0.717) is 37.4 Å². The van der Waals surface area contributed by atoms with Gasteiger partial charge in [-0.15, -0.1) is 4.73 Å². The molecule has 0 bridgehead atoms. The van der Waals surface area contributed by atoms with Crippen molar-refractivity contribution < 1.29 is 43.5 Å². The van der Waals surface area contributed by atoms with Gasteiger partial charge in [0.1, 0.15) is 5.75 Å². The average molecular weight is 606 g/mol. The molecule has 2 fully saturated rings. The highest BCUT2D eigenvalue weighted by atomic mass is 28.4. The molecule has 4 rings (SSSR count). The van der Waals surface area contributed by atoms with Crippen molar-refractivity contribution in [3.63, 3.8) is 0 Å². The molecule has 2 unspecified atom stereocenters. The van der Waals surface area contributed by atoms with Gasteiger partial charge in [0.15, 0.2) is 5.60 Å². The molecule has 2 aliphatic rings. The highest BCUT2D eigenvalue weighted by Gasteiger charge is 2.82. The minimum Gasteiger partial charge on any atom is -0.543 e. The van der Waals surface area contributed by atoms with Crippen LogP contribution in [0.1, 0.15) is 73.3 Å². The molecular weight excluding hydrogens is 558 g/mol.